The number of rotatable bonds is 7. The summed E-state index contributed by atoms with van der Waals surface area (Å²) in [6, 6.07) is -0.0864. The number of carboxylic acid groups (broad SMARTS) is 1. The molecule has 0 radical (unpaired) electrons. The molecule has 0 spiro atoms. The summed E-state index contributed by atoms with van der Waals surface area (Å²) in [7, 11) is -1.73. The molecule has 0 bridgehead atoms. The summed E-state index contributed by atoms with van der Waals surface area (Å²) in [6.07, 6.45) is 6.14. The first-order valence-electron chi connectivity index (χ1n) is 7.68. The molecule has 0 aromatic carbocycles. The summed E-state index contributed by atoms with van der Waals surface area (Å²) in [5.74, 6) is 0.677. The molecule has 6 heteroatoms. The van der Waals surface area contributed by atoms with Gasteiger partial charge in [0.15, 0.2) is 8.32 Å². The van der Waals surface area contributed by atoms with E-state index in [1.807, 2.05) is 0 Å². The number of hydrogen-bond donors (Lipinski definition) is 3. The van der Waals surface area contributed by atoms with Gasteiger partial charge in [0, 0.05) is 12.6 Å². The lowest BCUT2D eigenvalue weighted by Gasteiger charge is -2.33. The number of nitrogens with two attached hydrogens (primary N) is 1. The maximum absolute atomic E-state index is 10.7. The zero-order valence-corrected chi connectivity index (χ0v) is 14.0. The second-order valence-corrected chi connectivity index (χ2v) is 11.3. The molecule has 0 heterocycles. The second-order valence-electron chi connectivity index (χ2n) is 6.86. The lowest BCUT2D eigenvalue weighted by Crippen LogP contribution is -2.50. The van der Waals surface area contributed by atoms with E-state index < -0.39 is 14.4 Å². The molecule has 1 rings (SSSR count). The summed E-state index contributed by atoms with van der Waals surface area (Å²) in [6.45, 7) is 6.60. The van der Waals surface area contributed by atoms with Crippen LogP contribution in [0.4, 0.5) is 4.79 Å². The SMILES string of the molecule is C[Si](C)(C)OC(CNC(=O)O)[C@@H](N)CC1CCCCC1. The minimum absolute atomic E-state index is 0.0864. The highest BCUT2D eigenvalue weighted by Gasteiger charge is 2.28. The third kappa shape index (κ3) is 7.26. The summed E-state index contributed by atoms with van der Waals surface area (Å²) in [5.41, 5.74) is 6.31. The quantitative estimate of drug-likeness (QED) is 0.631. The molecule has 1 unspecified atom stereocenters. The summed E-state index contributed by atoms with van der Waals surface area (Å²) < 4.78 is 6.08. The van der Waals surface area contributed by atoms with Crippen LogP contribution in [-0.2, 0) is 4.43 Å². The Morgan fingerprint density at radius 1 is 1.35 bits per heavy atom. The van der Waals surface area contributed by atoms with E-state index >= 15 is 0 Å². The van der Waals surface area contributed by atoms with E-state index in [9.17, 15) is 4.79 Å². The van der Waals surface area contributed by atoms with E-state index in [1.54, 1.807) is 0 Å². The van der Waals surface area contributed by atoms with Crippen molar-refractivity contribution in [3.05, 3.63) is 0 Å². The summed E-state index contributed by atoms with van der Waals surface area (Å²) >= 11 is 0. The molecule has 0 aromatic heterocycles. The number of amides is 1. The first-order valence-corrected chi connectivity index (χ1v) is 11.1. The molecule has 118 valence electrons. The van der Waals surface area contributed by atoms with Crippen LogP contribution in [0.1, 0.15) is 38.5 Å². The minimum atomic E-state index is -1.73. The highest BCUT2D eigenvalue weighted by Crippen LogP contribution is 2.28. The molecule has 5 nitrogen and oxygen atoms in total. The number of hydrogen-bond acceptors (Lipinski definition) is 3. The molecule has 1 saturated carbocycles. The fraction of sp³-hybridized carbons (Fsp3) is 0.929. The topological polar surface area (TPSA) is 84.6 Å². The third-order valence-electron chi connectivity index (χ3n) is 3.77. The number of carbonyl (C=O) groups is 1. The first kappa shape index (κ1) is 17.5. The van der Waals surface area contributed by atoms with E-state index in [4.69, 9.17) is 15.3 Å². The molecule has 4 N–H and O–H groups in total. The van der Waals surface area contributed by atoms with Gasteiger partial charge >= 0.3 is 6.09 Å². The Morgan fingerprint density at radius 3 is 2.45 bits per heavy atom. The van der Waals surface area contributed by atoms with E-state index in [2.05, 4.69) is 25.0 Å². The van der Waals surface area contributed by atoms with Crippen molar-refractivity contribution in [1.82, 2.24) is 5.32 Å². The molecule has 1 amide bonds. The van der Waals surface area contributed by atoms with Crippen molar-refractivity contribution in [3.8, 4) is 0 Å². The largest absolute Gasteiger partial charge is 0.465 e. The van der Waals surface area contributed by atoms with Crippen LogP contribution in [0.25, 0.3) is 0 Å². The number of nitrogens with one attached hydrogen (secondary N) is 1. The van der Waals surface area contributed by atoms with E-state index in [-0.39, 0.29) is 18.7 Å². The predicted octanol–water partition coefficient (Wildman–Crippen LogP) is 2.77. The molecular weight excluding hydrogens is 272 g/mol. The Hall–Kier alpha value is -0.593. The van der Waals surface area contributed by atoms with Gasteiger partial charge < -0.3 is 20.6 Å². The molecule has 0 aromatic rings. The van der Waals surface area contributed by atoms with Crippen molar-refractivity contribution < 1.29 is 14.3 Å². The van der Waals surface area contributed by atoms with Crippen LogP contribution >= 0.6 is 0 Å². The van der Waals surface area contributed by atoms with Crippen molar-refractivity contribution in [2.75, 3.05) is 6.54 Å². The molecular formula is C14H30N2O3Si. The van der Waals surface area contributed by atoms with Crippen molar-refractivity contribution >= 4 is 14.4 Å². The maximum atomic E-state index is 10.7. The Kier molecular flexibility index (Phi) is 6.98. The highest BCUT2D eigenvalue weighted by atomic mass is 28.4. The zero-order valence-electron chi connectivity index (χ0n) is 13.0. The van der Waals surface area contributed by atoms with Crippen LogP contribution in [0.15, 0.2) is 0 Å². The predicted molar refractivity (Wildman–Crippen MR) is 83.4 cm³/mol. The average molecular weight is 302 g/mol. The van der Waals surface area contributed by atoms with Crippen molar-refractivity contribution in [1.29, 1.82) is 0 Å². The highest BCUT2D eigenvalue weighted by molar-refractivity contribution is 6.69. The Morgan fingerprint density at radius 2 is 1.95 bits per heavy atom. The van der Waals surface area contributed by atoms with Crippen LogP contribution in [0, 0.1) is 5.92 Å². The lowest BCUT2D eigenvalue weighted by molar-refractivity contribution is 0.135. The average Bonchev–Trinajstić information content (AvgIpc) is 2.34. The Balaban J connectivity index is 2.52. The first-order chi connectivity index (χ1) is 9.28. The van der Waals surface area contributed by atoms with Gasteiger partial charge in [-0.1, -0.05) is 32.1 Å². The monoisotopic (exact) mass is 302 g/mol. The Labute approximate surface area is 123 Å². The molecule has 20 heavy (non-hydrogen) atoms. The Bertz CT molecular complexity index is 301. The third-order valence-corrected chi connectivity index (χ3v) is 4.78. The van der Waals surface area contributed by atoms with E-state index in [1.165, 1.54) is 32.1 Å². The minimum Gasteiger partial charge on any atom is -0.465 e. The summed E-state index contributed by atoms with van der Waals surface area (Å²) in [5, 5.41) is 11.2. The fourth-order valence-corrected chi connectivity index (χ4v) is 4.05. The van der Waals surface area contributed by atoms with Gasteiger partial charge in [0.25, 0.3) is 0 Å². The van der Waals surface area contributed by atoms with Gasteiger partial charge in [-0.15, -0.1) is 0 Å². The van der Waals surface area contributed by atoms with Crippen molar-refractivity contribution in [2.45, 2.75) is 70.3 Å². The van der Waals surface area contributed by atoms with Crippen LogP contribution in [0.2, 0.25) is 19.6 Å². The van der Waals surface area contributed by atoms with Gasteiger partial charge in [0.2, 0.25) is 0 Å². The van der Waals surface area contributed by atoms with Crippen LogP contribution in [0.5, 0.6) is 0 Å². The summed E-state index contributed by atoms with van der Waals surface area (Å²) in [4.78, 5) is 10.7. The van der Waals surface area contributed by atoms with Crippen molar-refractivity contribution in [3.63, 3.8) is 0 Å². The molecule has 1 fully saturated rings. The fourth-order valence-electron chi connectivity index (χ4n) is 2.88. The molecule has 0 saturated heterocycles. The van der Waals surface area contributed by atoms with Crippen LogP contribution < -0.4 is 11.1 Å². The van der Waals surface area contributed by atoms with Crippen LogP contribution in [0.3, 0.4) is 0 Å². The molecule has 2 atom stereocenters. The molecule has 1 aliphatic carbocycles. The zero-order chi connectivity index (χ0) is 15.2. The van der Waals surface area contributed by atoms with Crippen LogP contribution in [-0.4, -0.2) is 38.2 Å². The second kappa shape index (κ2) is 8.00. The lowest BCUT2D eigenvalue weighted by atomic mass is 9.84. The normalized spacial score (nSPS) is 20.4. The van der Waals surface area contributed by atoms with Gasteiger partial charge in [-0.3, -0.25) is 0 Å². The molecule has 1 aliphatic rings. The molecule has 0 aliphatic heterocycles. The van der Waals surface area contributed by atoms with E-state index in [0.29, 0.717) is 5.92 Å². The van der Waals surface area contributed by atoms with Gasteiger partial charge in [-0.2, -0.15) is 0 Å². The smallest absolute Gasteiger partial charge is 0.404 e. The van der Waals surface area contributed by atoms with Crippen molar-refractivity contribution in [2.24, 2.45) is 11.7 Å². The van der Waals surface area contributed by atoms with Gasteiger partial charge in [-0.25, -0.2) is 4.79 Å². The standard InChI is InChI=1S/C14H30N2O3Si/c1-20(2,3)19-13(10-16-14(17)18)12(15)9-11-7-5-4-6-8-11/h11-13,16H,4-10,15H2,1-3H3,(H,17,18)/t12-,13?/m0/s1. The van der Waals surface area contributed by atoms with Gasteiger partial charge in [-0.05, 0) is 32.0 Å². The maximum Gasteiger partial charge on any atom is 0.404 e. The van der Waals surface area contributed by atoms with E-state index in [0.717, 1.165) is 6.42 Å². The van der Waals surface area contributed by atoms with Gasteiger partial charge in [0.05, 0.1) is 6.10 Å². The van der Waals surface area contributed by atoms with Gasteiger partial charge in [0.1, 0.15) is 0 Å².